The van der Waals surface area contributed by atoms with Crippen molar-refractivity contribution < 1.29 is 0 Å². The molecule has 0 aliphatic heterocycles. The van der Waals surface area contributed by atoms with Crippen LogP contribution in [0, 0.1) is 0 Å². The summed E-state index contributed by atoms with van der Waals surface area (Å²) in [5.41, 5.74) is 2.81. The number of hydrogen-bond donors (Lipinski definition) is 0. The smallest absolute Gasteiger partial charge is 0.0485 e. The van der Waals surface area contributed by atoms with Crippen molar-refractivity contribution in [2.75, 3.05) is 6.26 Å². The van der Waals surface area contributed by atoms with E-state index in [1.54, 1.807) is 0 Å². The van der Waals surface area contributed by atoms with Gasteiger partial charge in [0.1, 0.15) is 0 Å². The van der Waals surface area contributed by atoms with E-state index in [-0.39, 0.29) is 0 Å². The van der Waals surface area contributed by atoms with Crippen LogP contribution >= 0.6 is 11.8 Å². The van der Waals surface area contributed by atoms with Gasteiger partial charge < -0.3 is 4.57 Å². The van der Waals surface area contributed by atoms with Crippen LogP contribution < -0.4 is 0 Å². The zero-order valence-corrected chi connectivity index (χ0v) is 10.3. The Morgan fingerprint density at radius 1 is 1.27 bits per heavy atom. The topological polar surface area (TPSA) is 4.93 Å². The molecule has 0 saturated heterocycles. The molecule has 1 heterocycles. The standard InChI is InChI=1S/C13H17NS/c1-10(2)14-8-11(9-15-3)12-6-4-5-7-13(12)14/h4-8,10H,9H2,1-3H3. The zero-order valence-electron chi connectivity index (χ0n) is 9.53. The van der Waals surface area contributed by atoms with E-state index in [9.17, 15) is 0 Å². The fourth-order valence-corrected chi connectivity index (χ4v) is 2.52. The molecule has 0 unspecified atom stereocenters. The van der Waals surface area contributed by atoms with E-state index in [1.165, 1.54) is 16.5 Å². The van der Waals surface area contributed by atoms with Crippen LogP contribution in [0.4, 0.5) is 0 Å². The molecule has 0 spiro atoms. The van der Waals surface area contributed by atoms with E-state index < -0.39 is 0 Å². The Morgan fingerprint density at radius 2 is 2.00 bits per heavy atom. The molecule has 0 amide bonds. The van der Waals surface area contributed by atoms with E-state index in [1.807, 2.05) is 11.8 Å². The molecule has 0 radical (unpaired) electrons. The third kappa shape index (κ3) is 1.91. The molecular weight excluding hydrogens is 202 g/mol. The lowest BCUT2D eigenvalue weighted by Gasteiger charge is -2.08. The normalized spacial score (nSPS) is 11.5. The number of fused-ring (bicyclic) bond motifs is 1. The van der Waals surface area contributed by atoms with E-state index in [0.717, 1.165) is 5.75 Å². The predicted molar refractivity (Wildman–Crippen MR) is 69.5 cm³/mol. The Morgan fingerprint density at radius 3 is 2.67 bits per heavy atom. The van der Waals surface area contributed by atoms with E-state index in [0.29, 0.717) is 6.04 Å². The van der Waals surface area contributed by atoms with Gasteiger partial charge in [-0.25, -0.2) is 0 Å². The van der Waals surface area contributed by atoms with Gasteiger partial charge in [0, 0.05) is 28.9 Å². The molecule has 0 aliphatic carbocycles. The van der Waals surface area contributed by atoms with Gasteiger partial charge >= 0.3 is 0 Å². The molecule has 15 heavy (non-hydrogen) atoms. The number of nitrogens with zero attached hydrogens (tertiary/aromatic N) is 1. The Labute approximate surface area is 95.5 Å². The highest BCUT2D eigenvalue weighted by molar-refractivity contribution is 7.97. The highest BCUT2D eigenvalue weighted by Gasteiger charge is 2.08. The summed E-state index contributed by atoms with van der Waals surface area (Å²) >= 11 is 1.88. The number of para-hydroxylation sites is 1. The van der Waals surface area contributed by atoms with Gasteiger partial charge in [0.15, 0.2) is 0 Å². The van der Waals surface area contributed by atoms with Crippen LogP contribution in [0.25, 0.3) is 10.9 Å². The summed E-state index contributed by atoms with van der Waals surface area (Å²) in [5.74, 6) is 1.10. The predicted octanol–water partition coefficient (Wildman–Crippen LogP) is 4.09. The molecule has 1 nitrogen and oxygen atoms in total. The van der Waals surface area contributed by atoms with Crippen LogP contribution in [0.3, 0.4) is 0 Å². The van der Waals surface area contributed by atoms with Gasteiger partial charge in [-0.1, -0.05) is 18.2 Å². The van der Waals surface area contributed by atoms with Crippen molar-refractivity contribution in [3.05, 3.63) is 36.0 Å². The summed E-state index contributed by atoms with van der Waals surface area (Å²) in [6.07, 6.45) is 4.45. The first kappa shape index (κ1) is 10.6. The summed E-state index contributed by atoms with van der Waals surface area (Å²) in [7, 11) is 0. The fourth-order valence-electron chi connectivity index (χ4n) is 1.98. The molecule has 0 saturated carbocycles. The lowest BCUT2D eigenvalue weighted by atomic mass is 10.2. The minimum absolute atomic E-state index is 0.533. The van der Waals surface area contributed by atoms with Crippen molar-refractivity contribution in [1.29, 1.82) is 0 Å². The molecule has 0 aliphatic rings. The Kier molecular flexibility index (Phi) is 3.06. The SMILES string of the molecule is CSCc1cn(C(C)C)c2ccccc12. The van der Waals surface area contributed by atoms with Crippen molar-refractivity contribution in [2.24, 2.45) is 0 Å². The maximum Gasteiger partial charge on any atom is 0.0485 e. The van der Waals surface area contributed by atoms with Gasteiger partial charge in [0.2, 0.25) is 0 Å². The van der Waals surface area contributed by atoms with Crippen LogP contribution in [0.2, 0.25) is 0 Å². The third-order valence-electron chi connectivity index (χ3n) is 2.68. The van der Waals surface area contributed by atoms with Crippen molar-refractivity contribution >= 4 is 22.7 Å². The Balaban J connectivity index is 2.62. The summed E-state index contributed by atoms with van der Waals surface area (Å²) < 4.78 is 2.36. The average molecular weight is 219 g/mol. The largest absolute Gasteiger partial charge is 0.345 e. The molecule has 0 atom stereocenters. The first-order chi connectivity index (χ1) is 7.24. The summed E-state index contributed by atoms with van der Waals surface area (Å²) in [6.45, 7) is 4.46. The van der Waals surface area contributed by atoms with Crippen LogP contribution in [0.15, 0.2) is 30.5 Å². The second-order valence-corrected chi connectivity index (χ2v) is 4.97. The van der Waals surface area contributed by atoms with Gasteiger partial charge in [-0.05, 0) is 31.7 Å². The number of aromatic nitrogens is 1. The maximum absolute atomic E-state index is 2.36. The van der Waals surface area contributed by atoms with Gasteiger partial charge in [-0.15, -0.1) is 0 Å². The van der Waals surface area contributed by atoms with Gasteiger partial charge in [-0.3, -0.25) is 0 Å². The molecule has 80 valence electrons. The molecule has 0 fully saturated rings. The molecule has 2 aromatic rings. The molecule has 2 heteroatoms. The van der Waals surface area contributed by atoms with Crippen LogP contribution in [-0.4, -0.2) is 10.8 Å². The van der Waals surface area contributed by atoms with E-state index in [2.05, 4.69) is 55.1 Å². The number of rotatable bonds is 3. The Hall–Kier alpha value is -0.890. The summed E-state index contributed by atoms with van der Waals surface area (Å²) in [6, 6.07) is 9.20. The average Bonchev–Trinajstić information content (AvgIpc) is 2.59. The second-order valence-electron chi connectivity index (χ2n) is 4.11. The fraction of sp³-hybridized carbons (Fsp3) is 0.385. The van der Waals surface area contributed by atoms with Crippen molar-refractivity contribution in [3.8, 4) is 0 Å². The number of thioether (sulfide) groups is 1. The molecule has 0 N–H and O–H groups in total. The van der Waals surface area contributed by atoms with Crippen LogP contribution in [-0.2, 0) is 5.75 Å². The minimum Gasteiger partial charge on any atom is -0.345 e. The summed E-state index contributed by atoms with van der Waals surface area (Å²) in [4.78, 5) is 0. The van der Waals surface area contributed by atoms with Gasteiger partial charge in [-0.2, -0.15) is 11.8 Å². The maximum atomic E-state index is 2.36. The first-order valence-corrected chi connectivity index (χ1v) is 6.71. The molecule has 0 bridgehead atoms. The molecular formula is C13H17NS. The third-order valence-corrected chi connectivity index (χ3v) is 3.28. The number of hydrogen-bond acceptors (Lipinski definition) is 1. The number of benzene rings is 1. The van der Waals surface area contributed by atoms with Crippen LogP contribution in [0.5, 0.6) is 0 Å². The second kappa shape index (κ2) is 4.31. The van der Waals surface area contributed by atoms with Crippen molar-refractivity contribution in [1.82, 2.24) is 4.57 Å². The molecule has 2 rings (SSSR count). The molecule has 1 aromatic heterocycles. The van der Waals surface area contributed by atoms with Crippen molar-refractivity contribution in [3.63, 3.8) is 0 Å². The van der Waals surface area contributed by atoms with Crippen molar-refractivity contribution in [2.45, 2.75) is 25.6 Å². The summed E-state index contributed by atoms with van der Waals surface area (Å²) in [5, 5.41) is 1.40. The van der Waals surface area contributed by atoms with Crippen LogP contribution in [0.1, 0.15) is 25.5 Å². The van der Waals surface area contributed by atoms with E-state index in [4.69, 9.17) is 0 Å². The van der Waals surface area contributed by atoms with Gasteiger partial charge in [0.25, 0.3) is 0 Å². The minimum atomic E-state index is 0.533. The quantitative estimate of drug-likeness (QED) is 0.753. The zero-order chi connectivity index (χ0) is 10.8. The van der Waals surface area contributed by atoms with Gasteiger partial charge in [0.05, 0.1) is 0 Å². The van der Waals surface area contributed by atoms with E-state index >= 15 is 0 Å². The lowest BCUT2D eigenvalue weighted by molar-refractivity contribution is 0.622. The molecule has 1 aromatic carbocycles. The lowest BCUT2D eigenvalue weighted by Crippen LogP contribution is -1.97. The Bertz CT molecular complexity index is 457. The monoisotopic (exact) mass is 219 g/mol. The highest BCUT2D eigenvalue weighted by atomic mass is 32.2. The first-order valence-electron chi connectivity index (χ1n) is 5.31. The highest BCUT2D eigenvalue weighted by Crippen LogP contribution is 2.26.